The van der Waals surface area contributed by atoms with Gasteiger partial charge >= 0.3 is 0 Å². The second kappa shape index (κ2) is 8.49. The third-order valence-electron chi connectivity index (χ3n) is 3.32. The molecule has 2 amide bonds. The van der Waals surface area contributed by atoms with Crippen molar-refractivity contribution in [1.82, 2.24) is 10.8 Å². The van der Waals surface area contributed by atoms with E-state index >= 15 is 0 Å². The molecular formula is C18H17N3O4. The first-order chi connectivity index (χ1) is 12.0. The van der Waals surface area contributed by atoms with Gasteiger partial charge in [-0.15, -0.1) is 0 Å². The molecule has 0 unspecified atom stereocenters. The number of aliphatic hydroxyl groups excluding tert-OH is 1. The molecule has 7 heteroatoms. The molecule has 0 aliphatic rings. The van der Waals surface area contributed by atoms with E-state index in [9.17, 15) is 9.59 Å². The van der Waals surface area contributed by atoms with E-state index in [-0.39, 0.29) is 0 Å². The van der Waals surface area contributed by atoms with Crippen LogP contribution in [0.25, 0.3) is 0 Å². The minimum atomic E-state index is -1.23. The van der Waals surface area contributed by atoms with Crippen LogP contribution in [-0.2, 0) is 4.79 Å². The topological polar surface area (TPSA) is 125 Å². The zero-order chi connectivity index (χ0) is 18.2. The smallest absolute Gasteiger partial charge is 0.268 e. The molecule has 0 spiro atoms. The molecule has 2 rings (SSSR count). The number of anilines is 1. The second-order valence-electron chi connectivity index (χ2n) is 5.13. The SMILES string of the molecule is Nc1ccc(C#Cc2ccc(C(=O)N[C@@H](CO)C(=O)NO)cc2)cc1. The molecule has 0 aliphatic carbocycles. The van der Waals surface area contributed by atoms with Crippen molar-refractivity contribution in [2.75, 3.05) is 12.3 Å². The van der Waals surface area contributed by atoms with Crippen molar-refractivity contribution in [3.8, 4) is 11.8 Å². The number of hydrogen-bond acceptors (Lipinski definition) is 5. The van der Waals surface area contributed by atoms with Gasteiger partial charge in [0, 0.05) is 22.4 Å². The average Bonchev–Trinajstić information content (AvgIpc) is 2.65. The maximum atomic E-state index is 12.0. The standard InChI is InChI=1S/C18H17N3O4/c19-15-9-5-13(6-10-15)2-1-12-3-7-14(8-4-12)17(23)20-16(11-22)18(24)21-25/h3-10,16,22,25H,11,19H2,(H,20,23)(H,21,24)/t16-/m0/s1. The van der Waals surface area contributed by atoms with Crippen LogP contribution >= 0.6 is 0 Å². The van der Waals surface area contributed by atoms with Gasteiger partial charge in [0.2, 0.25) is 0 Å². The van der Waals surface area contributed by atoms with Gasteiger partial charge in [0.05, 0.1) is 6.61 Å². The van der Waals surface area contributed by atoms with Gasteiger partial charge in [0.1, 0.15) is 6.04 Å². The first-order valence-electron chi connectivity index (χ1n) is 7.37. The Kier molecular flexibility index (Phi) is 6.12. The number of nitrogens with two attached hydrogens (primary N) is 1. The maximum absolute atomic E-state index is 12.0. The van der Waals surface area contributed by atoms with Gasteiger partial charge < -0.3 is 16.2 Å². The fourth-order valence-electron chi connectivity index (χ4n) is 1.93. The number of nitrogens with one attached hydrogen (secondary N) is 2. The van der Waals surface area contributed by atoms with Gasteiger partial charge in [-0.05, 0) is 48.5 Å². The van der Waals surface area contributed by atoms with E-state index in [4.69, 9.17) is 16.0 Å². The van der Waals surface area contributed by atoms with Gasteiger partial charge in [0.15, 0.2) is 0 Å². The Morgan fingerprint density at radius 3 is 2.00 bits per heavy atom. The van der Waals surface area contributed by atoms with Gasteiger partial charge in [-0.25, -0.2) is 5.48 Å². The van der Waals surface area contributed by atoms with Crippen molar-refractivity contribution in [3.05, 3.63) is 65.2 Å². The third kappa shape index (κ3) is 5.07. The number of carbonyl (C=O) groups excluding carboxylic acids is 2. The lowest BCUT2D eigenvalue weighted by molar-refractivity contribution is -0.132. The maximum Gasteiger partial charge on any atom is 0.268 e. The fraction of sp³-hybridized carbons (Fsp3) is 0.111. The van der Waals surface area contributed by atoms with Crippen LogP contribution in [0.15, 0.2) is 48.5 Å². The van der Waals surface area contributed by atoms with E-state index in [0.29, 0.717) is 16.8 Å². The molecule has 0 aliphatic heterocycles. The quantitative estimate of drug-likeness (QED) is 0.237. The molecular weight excluding hydrogens is 322 g/mol. The van der Waals surface area contributed by atoms with Gasteiger partial charge in [-0.1, -0.05) is 11.8 Å². The molecule has 2 aromatic rings. The van der Waals surface area contributed by atoms with Crippen molar-refractivity contribution in [3.63, 3.8) is 0 Å². The molecule has 0 aromatic heterocycles. The second-order valence-corrected chi connectivity index (χ2v) is 5.13. The van der Waals surface area contributed by atoms with Crippen molar-refractivity contribution in [2.45, 2.75) is 6.04 Å². The lowest BCUT2D eigenvalue weighted by Gasteiger charge is -2.13. The molecule has 0 saturated carbocycles. The third-order valence-corrected chi connectivity index (χ3v) is 3.32. The predicted octanol–water partition coefficient (Wildman–Crippen LogP) is 0.265. The molecule has 7 nitrogen and oxygen atoms in total. The number of hydroxylamine groups is 1. The minimum absolute atomic E-state index is 0.294. The highest BCUT2D eigenvalue weighted by Gasteiger charge is 2.19. The highest BCUT2D eigenvalue weighted by atomic mass is 16.5. The van der Waals surface area contributed by atoms with Crippen LogP contribution in [0.5, 0.6) is 0 Å². The Morgan fingerprint density at radius 2 is 1.52 bits per heavy atom. The van der Waals surface area contributed by atoms with E-state index in [1.54, 1.807) is 36.4 Å². The number of amides is 2. The summed E-state index contributed by atoms with van der Waals surface area (Å²) < 4.78 is 0. The fourth-order valence-corrected chi connectivity index (χ4v) is 1.93. The number of benzene rings is 2. The van der Waals surface area contributed by atoms with E-state index in [1.165, 1.54) is 5.48 Å². The van der Waals surface area contributed by atoms with Crippen LogP contribution in [0.2, 0.25) is 0 Å². The number of carbonyl (C=O) groups is 2. The predicted molar refractivity (Wildman–Crippen MR) is 91.5 cm³/mol. The Hall–Kier alpha value is -3.34. The first kappa shape index (κ1) is 18.0. The zero-order valence-electron chi connectivity index (χ0n) is 13.2. The molecule has 1 atom stereocenters. The molecule has 0 saturated heterocycles. The number of rotatable bonds is 4. The summed E-state index contributed by atoms with van der Waals surface area (Å²) in [6.45, 7) is -0.636. The molecule has 25 heavy (non-hydrogen) atoms. The van der Waals surface area contributed by atoms with Crippen LogP contribution in [0.1, 0.15) is 21.5 Å². The van der Waals surface area contributed by atoms with E-state index in [1.807, 2.05) is 12.1 Å². The molecule has 0 heterocycles. The van der Waals surface area contributed by atoms with Gasteiger partial charge in [0.25, 0.3) is 11.8 Å². The van der Waals surface area contributed by atoms with Crippen molar-refractivity contribution in [2.24, 2.45) is 0 Å². The highest BCUT2D eigenvalue weighted by Crippen LogP contribution is 2.06. The summed E-state index contributed by atoms with van der Waals surface area (Å²) >= 11 is 0. The van der Waals surface area contributed by atoms with Crippen molar-refractivity contribution < 1.29 is 19.9 Å². The lowest BCUT2D eigenvalue weighted by Crippen LogP contribution is -2.48. The molecule has 0 fully saturated rings. The average molecular weight is 339 g/mol. The normalized spacial score (nSPS) is 11.0. The Labute approximate surface area is 144 Å². The minimum Gasteiger partial charge on any atom is -0.399 e. The van der Waals surface area contributed by atoms with Crippen LogP contribution in [0, 0.1) is 11.8 Å². The van der Waals surface area contributed by atoms with Crippen molar-refractivity contribution >= 4 is 17.5 Å². The Bertz CT molecular complexity index is 805. The number of hydrogen-bond donors (Lipinski definition) is 5. The van der Waals surface area contributed by atoms with Crippen LogP contribution in [0.4, 0.5) is 5.69 Å². The van der Waals surface area contributed by atoms with Crippen LogP contribution in [0.3, 0.4) is 0 Å². The van der Waals surface area contributed by atoms with Crippen LogP contribution in [-0.4, -0.2) is 34.8 Å². The molecule has 2 aromatic carbocycles. The first-order valence-corrected chi connectivity index (χ1v) is 7.37. The summed E-state index contributed by atoms with van der Waals surface area (Å²) in [5.74, 6) is 4.49. The highest BCUT2D eigenvalue weighted by molar-refractivity contribution is 5.97. The van der Waals surface area contributed by atoms with E-state index in [0.717, 1.165) is 5.56 Å². The van der Waals surface area contributed by atoms with Gasteiger partial charge in [-0.2, -0.15) is 0 Å². The number of aliphatic hydroxyl groups is 1. The van der Waals surface area contributed by atoms with E-state index in [2.05, 4.69) is 17.2 Å². The summed E-state index contributed by atoms with van der Waals surface area (Å²) in [4.78, 5) is 23.3. The molecule has 6 N–H and O–H groups in total. The Morgan fingerprint density at radius 1 is 1.00 bits per heavy atom. The zero-order valence-corrected chi connectivity index (χ0v) is 13.2. The molecule has 0 bridgehead atoms. The summed E-state index contributed by atoms with van der Waals surface area (Å²) in [6.07, 6.45) is 0. The summed E-state index contributed by atoms with van der Waals surface area (Å²) in [7, 11) is 0. The molecule has 128 valence electrons. The van der Waals surface area contributed by atoms with E-state index < -0.39 is 24.5 Å². The summed E-state index contributed by atoms with van der Waals surface area (Å²) in [6, 6.07) is 12.3. The number of nitrogen functional groups attached to an aromatic ring is 1. The van der Waals surface area contributed by atoms with Gasteiger partial charge in [-0.3, -0.25) is 14.8 Å². The Balaban J connectivity index is 2.05. The summed E-state index contributed by atoms with van der Waals surface area (Å²) in [5.41, 5.74) is 9.47. The largest absolute Gasteiger partial charge is 0.399 e. The van der Waals surface area contributed by atoms with Crippen molar-refractivity contribution in [1.29, 1.82) is 0 Å². The lowest BCUT2D eigenvalue weighted by atomic mass is 10.1. The molecule has 0 radical (unpaired) electrons. The van der Waals surface area contributed by atoms with Crippen LogP contribution < -0.4 is 16.5 Å². The monoisotopic (exact) mass is 339 g/mol. The summed E-state index contributed by atoms with van der Waals surface area (Å²) in [5, 5.41) is 19.9.